The summed E-state index contributed by atoms with van der Waals surface area (Å²) in [5.74, 6) is -1.85. The monoisotopic (exact) mass is 267 g/mol. The molecular weight excluding hydrogens is 247 g/mol. The lowest BCUT2D eigenvalue weighted by Gasteiger charge is -2.34. The molecule has 0 aromatic rings. The smallest absolute Gasteiger partial charge is 0.393 e. The molecule has 18 heavy (non-hydrogen) atoms. The predicted molar refractivity (Wildman–Crippen MR) is 61.0 cm³/mol. The molecule has 1 saturated carbocycles. The Morgan fingerprint density at radius 3 is 2.56 bits per heavy atom. The molecule has 1 aliphatic carbocycles. The second-order valence-corrected chi connectivity index (χ2v) is 4.68. The SMILES string of the molecule is CCOC(=O)C(C)NC1CCCCC1C(F)(F)F. The van der Waals surface area contributed by atoms with E-state index >= 15 is 0 Å². The Hall–Kier alpha value is -0.780. The van der Waals surface area contributed by atoms with E-state index in [0.717, 1.165) is 6.42 Å². The highest BCUT2D eigenvalue weighted by Crippen LogP contribution is 2.37. The Morgan fingerprint density at radius 2 is 2.00 bits per heavy atom. The summed E-state index contributed by atoms with van der Waals surface area (Å²) >= 11 is 0. The van der Waals surface area contributed by atoms with E-state index in [2.05, 4.69) is 5.32 Å². The quantitative estimate of drug-likeness (QED) is 0.796. The van der Waals surface area contributed by atoms with Gasteiger partial charge in [-0.1, -0.05) is 12.8 Å². The van der Waals surface area contributed by atoms with Gasteiger partial charge in [-0.15, -0.1) is 0 Å². The van der Waals surface area contributed by atoms with Gasteiger partial charge in [0.05, 0.1) is 12.5 Å². The first-order valence-electron chi connectivity index (χ1n) is 6.35. The maximum Gasteiger partial charge on any atom is 0.393 e. The zero-order valence-electron chi connectivity index (χ0n) is 10.7. The molecule has 0 aromatic carbocycles. The molecule has 1 rings (SSSR count). The van der Waals surface area contributed by atoms with Crippen LogP contribution < -0.4 is 5.32 Å². The fourth-order valence-electron chi connectivity index (χ4n) is 2.38. The molecule has 1 fully saturated rings. The number of rotatable bonds is 4. The fourth-order valence-corrected chi connectivity index (χ4v) is 2.38. The molecule has 1 aliphatic rings. The van der Waals surface area contributed by atoms with Crippen molar-refractivity contribution >= 4 is 5.97 Å². The van der Waals surface area contributed by atoms with Crippen LogP contribution in [-0.4, -0.2) is 30.8 Å². The van der Waals surface area contributed by atoms with Crippen LogP contribution in [0.2, 0.25) is 0 Å². The Kier molecular flexibility index (Phi) is 5.44. The van der Waals surface area contributed by atoms with Gasteiger partial charge in [0.1, 0.15) is 6.04 Å². The fraction of sp³-hybridized carbons (Fsp3) is 0.917. The van der Waals surface area contributed by atoms with E-state index in [4.69, 9.17) is 4.74 Å². The standard InChI is InChI=1S/C12H20F3NO2/c1-3-18-11(17)8(2)16-10-7-5-4-6-9(10)12(13,14)15/h8-10,16H,3-7H2,1-2H3. The summed E-state index contributed by atoms with van der Waals surface area (Å²) in [6.07, 6.45) is -2.26. The number of halogens is 3. The summed E-state index contributed by atoms with van der Waals surface area (Å²) < 4.78 is 43.3. The van der Waals surface area contributed by atoms with Gasteiger partial charge in [-0.3, -0.25) is 4.79 Å². The first kappa shape index (κ1) is 15.3. The predicted octanol–water partition coefficient (Wildman–Crippen LogP) is 2.65. The van der Waals surface area contributed by atoms with Gasteiger partial charge < -0.3 is 10.1 Å². The van der Waals surface area contributed by atoms with Crippen LogP contribution >= 0.6 is 0 Å². The van der Waals surface area contributed by atoms with E-state index in [1.807, 2.05) is 0 Å². The number of hydrogen-bond acceptors (Lipinski definition) is 3. The minimum Gasteiger partial charge on any atom is -0.465 e. The lowest BCUT2D eigenvalue weighted by Crippen LogP contribution is -2.50. The first-order valence-corrected chi connectivity index (χ1v) is 6.35. The second kappa shape index (κ2) is 6.41. The van der Waals surface area contributed by atoms with Crippen LogP contribution in [0.3, 0.4) is 0 Å². The summed E-state index contributed by atoms with van der Waals surface area (Å²) in [5, 5.41) is 2.77. The summed E-state index contributed by atoms with van der Waals surface area (Å²) in [6, 6.07) is -1.38. The van der Waals surface area contributed by atoms with E-state index in [1.165, 1.54) is 0 Å². The van der Waals surface area contributed by atoms with Crippen LogP contribution in [0, 0.1) is 5.92 Å². The maximum atomic E-state index is 12.8. The summed E-state index contributed by atoms with van der Waals surface area (Å²) in [4.78, 5) is 11.4. The number of ether oxygens (including phenoxy) is 1. The third-order valence-corrected chi connectivity index (χ3v) is 3.29. The molecule has 0 aliphatic heterocycles. The average Bonchev–Trinajstić information content (AvgIpc) is 2.28. The summed E-state index contributed by atoms with van der Waals surface area (Å²) in [6.45, 7) is 3.45. The highest BCUT2D eigenvalue weighted by atomic mass is 19.4. The van der Waals surface area contributed by atoms with Crippen molar-refractivity contribution in [3.8, 4) is 0 Å². The minimum absolute atomic E-state index is 0.136. The van der Waals surface area contributed by atoms with Crippen LogP contribution in [0.25, 0.3) is 0 Å². The van der Waals surface area contributed by atoms with Gasteiger partial charge in [-0.25, -0.2) is 0 Å². The number of nitrogens with one attached hydrogen (secondary N) is 1. The number of esters is 1. The van der Waals surface area contributed by atoms with Crippen LogP contribution in [0.5, 0.6) is 0 Å². The molecule has 6 heteroatoms. The third-order valence-electron chi connectivity index (χ3n) is 3.29. The number of carbonyl (C=O) groups is 1. The topological polar surface area (TPSA) is 38.3 Å². The molecule has 0 radical (unpaired) electrons. The number of alkyl halides is 3. The minimum atomic E-state index is -4.20. The summed E-state index contributed by atoms with van der Waals surface area (Å²) in [5.41, 5.74) is 0. The molecule has 0 bridgehead atoms. The van der Waals surface area contributed by atoms with Crippen molar-refractivity contribution in [3.05, 3.63) is 0 Å². The molecule has 0 spiro atoms. The van der Waals surface area contributed by atoms with Crippen molar-refractivity contribution in [3.63, 3.8) is 0 Å². The zero-order chi connectivity index (χ0) is 13.8. The number of carbonyl (C=O) groups excluding carboxylic acids is 1. The molecule has 3 nitrogen and oxygen atoms in total. The van der Waals surface area contributed by atoms with E-state index in [0.29, 0.717) is 12.8 Å². The van der Waals surface area contributed by atoms with Crippen molar-refractivity contribution < 1.29 is 22.7 Å². The molecule has 0 aromatic heterocycles. The van der Waals surface area contributed by atoms with Crippen LogP contribution in [-0.2, 0) is 9.53 Å². The Bertz CT molecular complexity index is 281. The Morgan fingerprint density at radius 1 is 1.39 bits per heavy atom. The van der Waals surface area contributed by atoms with Gasteiger partial charge in [0, 0.05) is 6.04 Å². The zero-order valence-corrected chi connectivity index (χ0v) is 10.7. The van der Waals surface area contributed by atoms with Gasteiger partial charge in [0.25, 0.3) is 0 Å². The van der Waals surface area contributed by atoms with Gasteiger partial charge >= 0.3 is 12.1 Å². The van der Waals surface area contributed by atoms with Gasteiger partial charge in [0.2, 0.25) is 0 Å². The molecule has 0 amide bonds. The summed E-state index contributed by atoms with van der Waals surface area (Å²) in [7, 11) is 0. The van der Waals surface area contributed by atoms with E-state index < -0.39 is 30.1 Å². The number of hydrogen-bond donors (Lipinski definition) is 1. The van der Waals surface area contributed by atoms with Crippen molar-refractivity contribution in [2.24, 2.45) is 5.92 Å². The van der Waals surface area contributed by atoms with Gasteiger partial charge in [0.15, 0.2) is 0 Å². The highest BCUT2D eigenvalue weighted by Gasteiger charge is 2.45. The lowest BCUT2D eigenvalue weighted by atomic mass is 9.83. The molecular formula is C12H20F3NO2. The molecule has 106 valence electrons. The van der Waals surface area contributed by atoms with E-state index in [9.17, 15) is 18.0 Å². The molecule has 0 saturated heterocycles. The normalized spacial score (nSPS) is 26.7. The van der Waals surface area contributed by atoms with E-state index in [1.54, 1.807) is 13.8 Å². The first-order chi connectivity index (χ1) is 8.36. The van der Waals surface area contributed by atoms with Crippen LogP contribution in [0.15, 0.2) is 0 Å². The van der Waals surface area contributed by atoms with Crippen LogP contribution in [0.4, 0.5) is 13.2 Å². The van der Waals surface area contributed by atoms with Crippen molar-refractivity contribution in [2.45, 2.75) is 57.8 Å². The average molecular weight is 267 g/mol. The van der Waals surface area contributed by atoms with Gasteiger partial charge in [-0.2, -0.15) is 13.2 Å². The Labute approximate surface area is 105 Å². The van der Waals surface area contributed by atoms with Gasteiger partial charge in [-0.05, 0) is 26.7 Å². The molecule has 3 atom stereocenters. The molecule has 0 heterocycles. The maximum absolute atomic E-state index is 12.8. The van der Waals surface area contributed by atoms with Crippen LogP contribution in [0.1, 0.15) is 39.5 Å². The van der Waals surface area contributed by atoms with Crippen molar-refractivity contribution in [1.29, 1.82) is 0 Å². The highest BCUT2D eigenvalue weighted by molar-refractivity contribution is 5.75. The van der Waals surface area contributed by atoms with Crippen molar-refractivity contribution in [2.75, 3.05) is 6.61 Å². The third kappa shape index (κ3) is 4.15. The largest absolute Gasteiger partial charge is 0.465 e. The lowest BCUT2D eigenvalue weighted by molar-refractivity contribution is -0.190. The second-order valence-electron chi connectivity index (χ2n) is 4.68. The Balaban J connectivity index is 2.59. The van der Waals surface area contributed by atoms with E-state index in [-0.39, 0.29) is 13.0 Å². The molecule has 1 N–H and O–H groups in total. The van der Waals surface area contributed by atoms with Crippen molar-refractivity contribution in [1.82, 2.24) is 5.32 Å². The molecule has 3 unspecified atom stereocenters.